The van der Waals surface area contributed by atoms with Gasteiger partial charge in [0, 0.05) is 6.54 Å². The lowest BCUT2D eigenvalue weighted by Gasteiger charge is -2.06. The van der Waals surface area contributed by atoms with Crippen LogP contribution in [0, 0.1) is 0 Å². The van der Waals surface area contributed by atoms with Crippen LogP contribution in [0.25, 0.3) is 0 Å². The average molecular weight is 251 g/mol. The van der Waals surface area contributed by atoms with Crippen molar-refractivity contribution < 1.29 is 19.1 Å². The van der Waals surface area contributed by atoms with Crippen molar-refractivity contribution in [1.29, 1.82) is 0 Å². The molecule has 0 aromatic heterocycles. The molecule has 0 aliphatic heterocycles. The first-order chi connectivity index (χ1) is 8.74. The van der Waals surface area contributed by atoms with Gasteiger partial charge in [-0.2, -0.15) is 0 Å². The third-order valence-electron chi connectivity index (χ3n) is 2.10. The predicted octanol–water partition coefficient (Wildman–Crippen LogP) is 0.996. The molecule has 1 N–H and O–H groups in total. The highest BCUT2D eigenvalue weighted by atomic mass is 16.5. The molecule has 1 rings (SSSR count). The summed E-state index contributed by atoms with van der Waals surface area (Å²) in [4.78, 5) is 22.5. The molecule has 0 amide bonds. The fraction of sp³-hybridized carbons (Fsp3) is 0.385. The van der Waals surface area contributed by atoms with Crippen LogP contribution in [-0.4, -0.2) is 38.2 Å². The minimum absolute atomic E-state index is 0.122. The van der Waals surface area contributed by atoms with Crippen molar-refractivity contribution in [2.24, 2.45) is 0 Å². The van der Waals surface area contributed by atoms with Gasteiger partial charge in [-0.05, 0) is 19.1 Å². The maximum atomic E-state index is 11.5. The number of hydrogen-bond acceptors (Lipinski definition) is 5. The summed E-state index contributed by atoms with van der Waals surface area (Å²) in [5, 5.41) is 2.83. The van der Waals surface area contributed by atoms with Gasteiger partial charge in [-0.1, -0.05) is 18.2 Å². The minimum Gasteiger partial charge on any atom is -0.465 e. The van der Waals surface area contributed by atoms with E-state index in [1.54, 1.807) is 31.2 Å². The maximum Gasteiger partial charge on any atom is 0.338 e. The topological polar surface area (TPSA) is 64.6 Å². The molecule has 0 fully saturated rings. The van der Waals surface area contributed by atoms with Crippen LogP contribution in [0.3, 0.4) is 0 Å². The third-order valence-corrected chi connectivity index (χ3v) is 2.10. The molecule has 1 aromatic rings. The molecule has 18 heavy (non-hydrogen) atoms. The Bertz CT molecular complexity index is 378. The molecule has 0 unspecified atom stereocenters. The lowest BCUT2D eigenvalue weighted by atomic mass is 10.2. The van der Waals surface area contributed by atoms with E-state index in [1.807, 2.05) is 6.07 Å². The van der Waals surface area contributed by atoms with E-state index in [2.05, 4.69) is 5.32 Å². The van der Waals surface area contributed by atoms with Gasteiger partial charge < -0.3 is 14.8 Å². The lowest BCUT2D eigenvalue weighted by Crippen LogP contribution is -2.28. The van der Waals surface area contributed by atoms with Crippen LogP contribution in [0.5, 0.6) is 0 Å². The first-order valence-corrected chi connectivity index (χ1v) is 5.82. The third kappa shape index (κ3) is 5.45. The average Bonchev–Trinajstić information content (AvgIpc) is 2.39. The Balaban J connectivity index is 2.11. The van der Waals surface area contributed by atoms with Crippen LogP contribution >= 0.6 is 0 Å². The summed E-state index contributed by atoms with van der Waals surface area (Å²) in [6, 6.07) is 8.76. The molecule has 98 valence electrons. The second-order valence-corrected chi connectivity index (χ2v) is 3.48. The van der Waals surface area contributed by atoms with Gasteiger partial charge >= 0.3 is 11.9 Å². The summed E-state index contributed by atoms with van der Waals surface area (Å²) in [6.07, 6.45) is 0. The first kappa shape index (κ1) is 14.2. The smallest absolute Gasteiger partial charge is 0.338 e. The summed E-state index contributed by atoms with van der Waals surface area (Å²) in [6.45, 7) is 2.87. The molecule has 1 aromatic carbocycles. The van der Waals surface area contributed by atoms with E-state index in [9.17, 15) is 9.59 Å². The minimum atomic E-state index is -0.367. The fourth-order valence-electron chi connectivity index (χ4n) is 1.28. The summed E-state index contributed by atoms with van der Waals surface area (Å²) in [5.41, 5.74) is 0.517. The zero-order valence-corrected chi connectivity index (χ0v) is 10.3. The zero-order chi connectivity index (χ0) is 13.2. The number of carbonyl (C=O) groups excluding carboxylic acids is 2. The molecule has 0 atom stereocenters. The zero-order valence-electron chi connectivity index (χ0n) is 10.3. The van der Waals surface area contributed by atoms with Crippen LogP contribution in [0.2, 0.25) is 0 Å². The Morgan fingerprint density at radius 3 is 2.56 bits per heavy atom. The lowest BCUT2D eigenvalue weighted by molar-refractivity contribution is -0.142. The van der Waals surface area contributed by atoms with Crippen molar-refractivity contribution in [3.05, 3.63) is 35.9 Å². The van der Waals surface area contributed by atoms with Gasteiger partial charge in [-0.3, -0.25) is 4.79 Å². The molecule has 5 nitrogen and oxygen atoms in total. The van der Waals surface area contributed by atoms with Gasteiger partial charge in [-0.25, -0.2) is 4.79 Å². The molecule has 0 aliphatic rings. The van der Waals surface area contributed by atoms with E-state index < -0.39 is 0 Å². The molecule has 0 heterocycles. The van der Waals surface area contributed by atoms with E-state index in [4.69, 9.17) is 9.47 Å². The summed E-state index contributed by atoms with van der Waals surface area (Å²) < 4.78 is 9.75. The first-order valence-electron chi connectivity index (χ1n) is 5.82. The van der Waals surface area contributed by atoms with Gasteiger partial charge in [0.25, 0.3) is 0 Å². The Labute approximate surface area is 106 Å². The van der Waals surface area contributed by atoms with E-state index in [0.29, 0.717) is 18.7 Å². The van der Waals surface area contributed by atoms with Crippen LogP contribution in [0.1, 0.15) is 17.3 Å². The molecule has 0 saturated carbocycles. The number of ether oxygens (including phenoxy) is 2. The normalized spacial score (nSPS) is 9.83. The number of esters is 2. The molecule has 0 spiro atoms. The number of hydrogen-bond donors (Lipinski definition) is 1. The van der Waals surface area contributed by atoms with E-state index in [0.717, 1.165) is 0 Å². The van der Waals surface area contributed by atoms with Crippen LogP contribution in [0.15, 0.2) is 30.3 Å². The van der Waals surface area contributed by atoms with Crippen molar-refractivity contribution >= 4 is 11.9 Å². The fourth-order valence-corrected chi connectivity index (χ4v) is 1.28. The standard InChI is InChI=1S/C13H17NO4/c1-2-17-12(15)10-14-8-9-18-13(16)11-6-4-3-5-7-11/h3-7,14H,2,8-10H2,1H3. The molecular weight excluding hydrogens is 234 g/mol. The highest BCUT2D eigenvalue weighted by molar-refractivity contribution is 5.89. The molecule has 5 heteroatoms. The van der Waals surface area contributed by atoms with Crippen molar-refractivity contribution in [3.8, 4) is 0 Å². The van der Waals surface area contributed by atoms with Crippen molar-refractivity contribution in [3.63, 3.8) is 0 Å². The number of rotatable bonds is 7. The van der Waals surface area contributed by atoms with Crippen LogP contribution in [-0.2, 0) is 14.3 Å². The Morgan fingerprint density at radius 1 is 1.17 bits per heavy atom. The largest absolute Gasteiger partial charge is 0.465 e. The molecule has 0 bridgehead atoms. The summed E-state index contributed by atoms with van der Waals surface area (Å²) in [7, 11) is 0. The number of benzene rings is 1. The summed E-state index contributed by atoms with van der Waals surface area (Å²) in [5.74, 6) is -0.680. The highest BCUT2D eigenvalue weighted by Gasteiger charge is 2.05. The van der Waals surface area contributed by atoms with E-state index in [-0.39, 0.29) is 25.1 Å². The van der Waals surface area contributed by atoms with Gasteiger partial charge in [0.05, 0.1) is 18.7 Å². The Morgan fingerprint density at radius 2 is 1.89 bits per heavy atom. The SMILES string of the molecule is CCOC(=O)CNCCOC(=O)c1ccccc1. The van der Waals surface area contributed by atoms with Crippen LogP contribution in [0.4, 0.5) is 0 Å². The van der Waals surface area contributed by atoms with Gasteiger partial charge in [-0.15, -0.1) is 0 Å². The molecule has 0 radical (unpaired) electrons. The molecule has 0 aliphatic carbocycles. The number of nitrogens with one attached hydrogen (secondary N) is 1. The van der Waals surface area contributed by atoms with Crippen molar-refractivity contribution in [2.75, 3.05) is 26.3 Å². The summed E-state index contributed by atoms with van der Waals surface area (Å²) >= 11 is 0. The van der Waals surface area contributed by atoms with Gasteiger partial charge in [0.2, 0.25) is 0 Å². The molecular formula is C13H17NO4. The Kier molecular flexibility index (Phi) is 6.50. The monoisotopic (exact) mass is 251 g/mol. The second kappa shape index (κ2) is 8.25. The van der Waals surface area contributed by atoms with Crippen LogP contribution < -0.4 is 5.32 Å². The highest BCUT2D eigenvalue weighted by Crippen LogP contribution is 2.00. The maximum absolute atomic E-state index is 11.5. The molecule has 0 saturated heterocycles. The van der Waals surface area contributed by atoms with Gasteiger partial charge in [0.1, 0.15) is 6.61 Å². The predicted molar refractivity (Wildman–Crippen MR) is 66.2 cm³/mol. The van der Waals surface area contributed by atoms with Gasteiger partial charge in [0.15, 0.2) is 0 Å². The quantitative estimate of drug-likeness (QED) is 0.578. The van der Waals surface area contributed by atoms with E-state index in [1.165, 1.54) is 0 Å². The number of carbonyl (C=O) groups is 2. The Hall–Kier alpha value is -1.88. The van der Waals surface area contributed by atoms with Crippen molar-refractivity contribution in [1.82, 2.24) is 5.32 Å². The van der Waals surface area contributed by atoms with E-state index >= 15 is 0 Å². The van der Waals surface area contributed by atoms with Crippen molar-refractivity contribution in [2.45, 2.75) is 6.92 Å². The second-order valence-electron chi connectivity index (χ2n) is 3.48.